The van der Waals surface area contributed by atoms with Gasteiger partial charge < -0.3 is 14.6 Å². The summed E-state index contributed by atoms with van der Waals surface area (Å²) in [7, 11) is 0. The fourth-order valence-electron chi connectivity index (χ4n) is 2.72. The first-order valence-electron chi connectivity index (χ1n) is 8.23. The number of likely N-dealkylation sites (tertiary alicyclic amines) is 1. The van der Waals surface area contributed by atoms with E-state index in [1.165, 1.54) is 34.6 Å². The number of nitrogens with one attached hydrogen (secondary N) is 1. The predicted octanol–water partition coefficient (Wildman–Crippen LogP) is 2.24. The van der Waals surface area contributed by atoms with E-state index >= 15 is 0 Å². The van der Waals surface area contributed by atoms with Crippen molar-refractivity contribution in [2.75, 3.05) is 13.1 Å². The monoisotopic (exact) mass is 386 g/mol. The maximum atomic E-state index is 13.6. The van der Waals surface area contributed by atoms with Crippen molar-refractivity contribution in [3.8, 4) is 17.3 Å². The van der Waals surface area contributed by atoms with Crippen LogP contribution in [0.3, 0.4) is 0 Å². The van der Waals surface area contributed by atoms with Gasteiger partial charge in [-0.3, -0.25) is 9.59 Å². The molecule has 1 fully saturated rings. The minimum atomic E-state index is -0.519. The second kappa shape index (κ2) is 6.92. The number of halogens is 1. The molecule has 1 aliphatic heterocycles. The van der Waals surface area contributed by atoms with Gasteiger partial charge in [0.05, 0.1) is 18.1 Å². The van der Waals surface area contributed by atoms with E-state index in [9.17, 15) is 14.0 Å². The van der Waals surface area contributed by atoms with Gasteiger partial charge in [-0.05, 0) is 19.1 Å². The van der Waals surface area contributed by atoms with Crippen LogP contribution in [0, 0.1) is 12.7 Å². The molecule has 3 aromatic rings. The number of rotatable bonds is 4. The highest BCUT2D eigenvalue weighted by Gasteiger charge is 2.34. The van der Waals surface area contributed by atoms with Crippen molar-refractivity contribution >= 4 is 17.2 Å². The minimum absolute atomic E-state index is 0.0463. The summed E-state index contributed by atoms with van der Waals surface area (Å²) in [5.41, 5.74) is 0.0000643. The molecular formula is C18H15FN4O3S. The lowest BCUT2D eigenvalue weighted by atomic mass is 10.1. The van der Waals surface area contributed by atoms with Crippen LogP contribution in [0.2, 0.25) is 0 Å². The van der Waals surface area contributed by atoms with Crippen molar-refractivity contribution in [2.45, 2.75) is 13.0 Å². The van der Waals surface area contributed by atoms with E-state index in [2.05, 4.69) is 15.0 Å². The molecule has 1 aliphatic rings. The Morgan fingerprint density at radius 1 is 1.37 bits per heavy atom. The molecule has 27 heavy (non-hydrogen) atoms. The normalized spacial score (nSPS) is 14.1. The maximum Gasteiger partial charge on any atom is 0.264 e. The summed E-state index contributed by atoms with van der Waals surface area (Å²) in [5, 5.41) is 2.64. The molecule has 1 amide bonds. The Bertz CT molecular complexity index is 1060. The molecule has 2 aromatic heterocycles. The molecule has 9 heteroatoms. The van der Waals surface area contributed by atoms with Gasteiger partial charge in [-0.25, -0.2) is 14.4 Å². The van der Waals surface area contributed by atoms with Gasteiger partial charge in [0, 0.05) is 11.6 Å². The van der Waals surface area contributed by atoms with E-state index in [0.29, 0.717) is 11.5 Å². The van der Waals surface area contributed by atoms with Gasteiger partial charge in [-0.2, -0.15) is 0 Å². The Balaban J connectivity index is 1.42. The molecule has 1 aromatic carbocycles. The van der Waals surface area contributed by atoms with Gasteiger partial charge >= 0.3 is 0 Å². The van der Waals surface area contributed by atoms with Gasteiger partial charge in [-0.1, -0.05) is 12.1 Å². The van der Waals surface area contributed by atoms with E-state index < -0.39 is 17.3 Å². The summed E-state index contributed by atoms with van der Waals surface area (Å²) in [5.74, 6) is -0.406. The standard InChI is InChI=1S/C18H15FN4O3S/c1-10-21-14(9-27-10)16-20-6-12(17(24)22-16)18(25)23-7-11(8-23)26-15-5-3-2-4-13(15)19/h2-6,9,11H,7-8H2,1H3,(H,20,22,24). The Morgan fingerprint density at radius 2 is 2.15 bits per heavy atom. The van der Waals surface area contributed by atoms with E-state index in [0.717, 1.165) is 5.01 Å². The zero-order chi connectivity index (χ0) is 19.0. The lowest BCUT2D eigenvalue weighted by Gasteiger charge is -2.38. The van der Waals surface area contributed by atoms with Crippen molar-refractivity contribution < 1.29 is 13.9 Å². The first kappa shape index (κ1) is 17.3. The maximum absolute atomic E-state index is 13.6. The third-order valence-corrected chi connectivity index (χ3v) is 4.93. The Labute approximate surface area is 157 Å². The fraction of sp³-hybridized carbons (Fsp3) is 0.222. The van der Waals surface area contributed by atoms with Crippen LogP contribution in [0.4, 0.5) is 4.39 Å². The summed E-state index contributed by atoms with van der Waals surface area (Å²) in [6, 6.07) is 6.10. The number of carbonyl (C=O) groups is 1. The fourth-order valence-corrected chi connectivity index (χ4v) is 3.32. The number of hydrogen-bond acceptors (Lipinski definition) is 6. The number of amides is 1. The van der Waals surface area contributed by atoms with E-state index in [1.54, 1.807) is 17.5 Å². The van der Waals surface area contributed by atoms with E-state index in [1.807, 2.05) is 6.92 Å². The first-order valence-corrected chi connectivity index (χ1v) is 9.11. The molecule has 0 saturated carbocycles. The molecule has 7 nitrogen and oxygen atoms in total. The third-order valence-electron chi connectivity index (χ3n) is 4.16. The summed E-state index contributed by atoms with van der Waals surface area (Å²) in [6.07, 6.45) is 0.950. The number of para-hydroxylation sites is 1. The third kappa shape index (κ3) is 3.45. The molecule has 0 radical (unpaired) electrons. The number of nitrogens with zero attached hydrogens (tertiary/aromatic N) is 3. The lowest BCUT2D eigenvalue weighted by molar-refractivity contribution is 0.0162. The number of H-pyrrole nitrogens is 1. The van der Waals surface area contributed by atoms with Gasteiger partial charge in [0.2, 0.25) is 0 Å². The van der Waals surface area contributed by atoms with E-state index in [4.69, 9.17) is 4.74 Å². The second-order valence-corrected chi connectivity index (χ2v) is 7.17. The molecule has 1 saturated heterocycles. The number of carbonyl (C=O) groups excluding carboxylic acids is 1. The van der Waals surface area contributed by atoms with Gasteiger partial charge in [0.1, 0.15) is 17.4 Å². The molecule has 0 atom stereocenters. The summed E-state index contributed by atoms with van der Waals surface area (Å²) >= 11 is 1.45. The number of thiazole rings is 1. The Kier molecular flexibility index (Phi) is 4.44. The van der Waals surface area contributed by atoms with Crippen LogP contribution >= 0.6 is 11.3 Å². The number of ether oxygens (including phenoxy) is 1. The molecule has 1 N–H and O–H groups in total. The van der Waals surface area contributed by atoms with Gasteiger partial charge in [0.15, 0.2) is 17.4 Å². The topological polar surface area (TPSA) is 88.2 Å². The summed E-state index contributed by atoms with van der Waals surface area (Å²) in [4.78, 5) is 37.2. The van der Waals surface area contributed by atoms with Crippen LogP contribution in [0.1, 0.15) is 15.4 Å². The number of hydrogen-bond donors (Lipinski definition) is 1. The molecule has 0 aliphatic carbocycles. The van der Waals surface area contributed by atoms with Crippen LogP contribution < -0.4 is 10.3 Å². The summed E-state index contributed by atoms with van der Waals surface area (Å²) in [6.45, 7) is 2.41. The zero-order valence-electron chi connectivity index (χ0n) is 14.3. The number of benzene rings is 1. The van der Waals surface area contributed by atoms with Crippen LogP contribution in [-0.4, -0.2) is 45.0 Å². The highest BCUT2D eigenvalue weighted by molar-refractivity contribution is 7.09. The molecule has 138 valence electrons. The zero-order valence-corrected chi connectivity index (χ0v) is 15.1. The minimum Gasteiger partial charge on any atom is -0.484 e. The van der Waals surface area contributed by atoms with Gasteiger partial charge in [0.25, 0.3) is 11.5 Å². The Morgan fingerprint density at radius 3 is 2.81 bits per heavy atom. The molecule has 0 unspecified atom stereocenters. The number of aromatic amines is 1. The van der Waals surface area contributed by atoms with E-state index in [-0.39, 0.29) is 30.5 Å². The molecule has 3 heterocycles. The van der Waals surface area contributed by atoms with Crippen LogP contribution in [0.25, 0.3) is 11.5 Å². The molecule has 0 bridgehead atoms. The lowest BCUT2D eigenvalue weighted by Crippen LogP contribution is -2.56. The van der Waals surface area contributed by atoms with Crippen LogP contribution in [0.5, 0.6) is 5.75 Å². The average molecular weight is 386 g/mol. The van der Waals surface area contributed by atoms with Crippen LogP contribution in [0.15, 0.2) is 40.6 Å². The van der Waals surface area contributed by atoms with Crippen molar-refractivity contribution in [1.82, 2.24) is 19.9 Å². The smallest absolute Gasteiger partial charge is 0.264 e. The summed E-state index contributed by atoms with van der Waals surface area (Å²) < 4.78 is 19.1. The SMILES string of the molecule is Cc1nc(-c2ncc(C(=O)N3CC(Oc4ccccc4F)C3)c(=O)[nH]2)cs1. The quantitative estimate of drug-likeness (QED) is 0.743. The average Bonchev–Trinajstić information content (AvgIpc) is 3.05. The molecule has 4 rings (SSSR count). The Hall–Kier alpha value is -3.07. The molecular weight excluding hydrogens is 371 g/mol. The second-order valence-electron chi connectivity index (χ2n) is 6.11. The van der Waals surface area contributed by atoms with Crippen molar-refractivity contribution in [3.05, 3.63) is 62.6 Å². The van der Waals surface area contributed by atoms with Crippen molar-refractivity contribution in [3.63, 3.8) is 0 Å². The number of aromatic nitrogens is 3. The highest BCUT2D eigenvalue weighted by atomic mass is 32.1. The predicted molar refractivity (Wildman–Crippen MR) is 97.4 cm³/mol. The van der Waals surface area contributed by atoms with Crippen LogP contribution in [-0.2, 0) is 0 Å². The number of aryl methyl sites for hydroxylation is 1. The molecule has 0 spiro atoms. The first-order chi connectivity index (χ1) is 13.0. The van der Waals surface area contributed by atoms with Gasteiger partial charge in [-0.15, -0.1) is 11.3 Å². The van der Waals surface area contributed by atoms with Crippen molar-refractivity contribution in [1.29, 1.82) is 0 Å². The van der Waals surface area contributed by atoms with Crippen molar-refractivity contribution in [2.24, 2.45) is 0 Å². The largest absolute Gasteiger partial charge is 0.484 e. The highest BCUT2D eigenvalue weighted by Crippen LogP contribution is 2.22.